The Balaban J connectivity index is 1.47. The van der Waals surface area contributed by atoms with Crippen LogP contribution in [0, 0.1) is 0 Å². The number of nitrogens with zero attached hydrogens (tertiary/aromatic N) is 1. The lowest BCUT2D eigenvalue weighted by Gasteiger charge is -2.32. The molecule has 8 aromatic rings. The number of rotatable bonds is 4. The largest absolute Gasteiger partial charge is 0.309 e. The van der Waals surface area contributed by atoms with Crippen LogP contribution < -0.4 is 4.90 Å². The highest BCUT2D eigenvalue weighted by Gasteiger charge is 2.38. The van der Waals surface area contributed by atoms with Gasteiger partial charge >= 0.3 is 0 Å². The maximum absolute atomic E-state index is 2.56. The molecule has 0 aromatic heterocycles. The molecule has 0 unspecified atom stereocenters. The first-order valence-corrected chi connectivity index (χ1v) is 16.1. The maximum Gasteiger partial charge on any atom is 0.0553 e. The fourth-order valence-corrected chi connectivity index (χ4v) is 7.88. The zero-order valence-corrected chi connectivity index (χ0v) is 26.0. The van der Waals surface area contributed by atoms with E-state index in [1.807, 2.05) is 0 Å². The molecular formula is C45H33N. The zero-order valence-electron chi connectivity index (χ0n) is 26.0. The van der Waals surface area contributed by atoms with Gasteiger partial charge in [0.1, 0.15) is 0 Å². The minimum Gasteiger partial charge on any atom is -0.309 e. The van der Waals surface area contributed by atoms with E-state index in [1.54, 1.807) is 0 Å². The lowest BCUT2D eigenvalue weighted by molar-refractivity contribution is 0.660. The molecule has 0 saturated carbocycles. The maximum atomic E-state index is 2.56. The molecular weight excluding hydrogens is 555 g/mol. The van der Waals surface area contributed by atoms with Crippen LogP contribution in [-0.2, 0) is 5.41 Å². The summed E-state index contributed by atoms with van der Waals surface area (Å²) in [6.07, 6.45) is 0. The first-order valence-electron chi connectivity index (χ1n) is 16.1. The first kappa shape index (κ1) is 26.7. The van der Waals surface area contributed by atoms with Crippen molar-refractivity contribution in [2.45, 2.75) is 19.3 Å². The summed E-state index contributed by atoms with van der Waals surface area (Å²) in [5.41, 5.74) is 11.2. The average molecular weight is 588 g/mol. The zero-order chi connectivity index (χ0) is 30.8. The third kappa shape index (κ3) is 3.88. The number of hydrogen-bond acceptors (Lipinski definition) is 1. The molecule has 0 bridgehead atoms. The van der Waals surface area contributed by atoms with Gasteiger partial charge in [0.25, 0.3) is 0 Å². The Morgan fingerprint density at radius 1 is 0.413 bits per heavy atom. The fraction of sp³-hybridized carbons (Fsp3) is 0.0667. The van der Waals surface area contributed by atoms with Crippen LogP contribution in [0.3, 0.4) is 0 Å². The predicted octanol–water partition coefficient (Wildman–Crippen LogP) is 12.6. The van der Waals surface area contributed by atoms with Gasteiger partial charge in [0, 0.05) is 21.9 Å². The van der Waals surface area contributed by atoms with Crippen molar-refractivity contribution in [2.75, 3.05) is 4.90 Å². The molecule has 0 N–H and O–H groups in total. The van der Waals surface area contributed by atoms with Crippen molar-refractivity contribution < 1.29 is 0 Å². The molecule has 0 amide bonds. The number of para-hydroxylation sites is 1. The summed E-state index contributed by atoms with van der Waals surface area (Å²) in [4.78, 5) is 2.56. The molecule has 1 heteroatoms. The fourth-order valence-electron chi connectivity index (χ4n) is 7.88. The molecule has 1 aliphatic carbocycles. The van der Waals surface area contributed by atoms with E-state index in [1.165, 1.54) is 77.1 Å². The number of anilines is 3. The third-order valence-corrected chi connectivity index (χ3v) is 10.0. The van der Waals surface area contributed by atoms with Crippen molar-refractivity contribution in [1.29, 1.82) is 0 Å². The average Bonchev–Trinajstić information content (AvgIpc) is 3.35. The topological polar surface area (TPSA) is 3.24 Å². The van der Waals surface area contributed by atoms with E-state index in [0.717, 1.165) is 5.69 Å². The molecule has 8 aromatic carbocycles. The highest BCUT2D eigenvalue weighted by molar-refractivity contribution is 6.24. The van der Waals surface area contributed by atoms with Gasteiger partial charge in [-0.15, -0.1) is 0 Å². The monoisotopic (exact) mass is 587 g/mol. The Kier molecular flexibility index (Phi) is 5.92. The SMILES string of the molecule is CC1(C)c2ccccc2-c2c(N(c3ccccc3-c3ccccc3)c3cc4ccccc4c4ccc5ccccc5c34)cccc21. The van der Waals surface area contributed by atoms with Crippen LogP contribution in [-0.4, -0.2) is 0 Å². The quantitative estimate of drug-likeness (QED) is 0.185. The molecule has 0 fully saturated rings. The van der Waals surface area contributed by atoms with Crippen LogP contribution in [0.15, 0.2) is 164 Å². The lowest BCUT2D eigenvalue weighted by Crippen LogP contribution is -2.16. The van der Waals surface area contributed by atoms with Crippen molar-refractivity contribution >= 4 is 49.4 Å². The summed E-state index contributed by atoms with van der Waals surface area (Å²) in [6, 6.07) is 60.2. The molecule has 0 saturated heterocycles. The first-order chi connectivity index (χ1) is 22.6. The third-order valence-electron chi connectivity index (χ3n) is 10.0. The highest BCUT2D eigenvalue weighted by atomic mass is 15.1. The molecule has 0 spiro atoms. The van der Waals surface area contributed by atoms with Gasteiger partial charge in [0.2, 0.25) is 0 Å². The predicted molar refractivity (Wildman–Crippen MR) is 197 cm³/mol. The van der Waals surface area contributed by atoms with Crippen molar-refractivity contribution in [3.63, 3.8) is 0 Å². The summed E-state index contributed by atoms with van der Waals surface area (Å²) < 4.78 is 0. The van der Waals surface area contributed by atoms with E-state index < -0.39 is 0 Å². The molecule has 0 heterocycles. The molecule has 1 nitrogen and oxygen atoms in total. The van der Waals surface area contributed by atoms with E-state index in [4.69, 9.17) is 0 Å². The van der Waals surface area contributed by atoms with Crippen LogP contribution in [0.5, 0.6) is 0 Å². The van der Waals surface area contributed by atoms with Crippen LogP contribution in [0.1, 0.15) is 25.0 Å². The summed E-state index contributed by atoms with van der Waals surface area (Å²) in [6.45, 7) is 4.73. The second kappa shape index (κ2) is 10.2. The Labute approximate surface area is 270 Å². The molecule has 9 rings (SSSR count). The van der Waals surface area contributed by atoms with E-state index in [9.17, 15) is 0 Å². The summed E-state index contributed by atoms with van der Waals surface area (Å²) >= 11 is 0. The Morgan fingerprint density at radius 3 is 1.89 bits per heavy atom. The van der Waals surface area contributed by atoms with Gasteiger partial charge in [0.05, 0.1) is 17.1 Å². The lowest BCUT2D eigenvalue weighted by atomic mass is 9.82. The van der Waals surface area contributed by atoms with E-state index >= 15 is 0 Å². The standard InChI is InChI=1S/C45H33N/c1-45(2)38-23-12-10-22-37(38)44-39(45)24-14-26-41(44)46(40-25-13-11-20-34(40)30-15-4-3-5-16-30)42-29-32-18-7-8-19-33(32)36-28-27-31-17-6-9-21-35(31)43(36)42/h3-29H,1-2H3. The molecule has 0 aliphatic heterocycles. The van der Waals surface area contributed by atoms with Crippen LogP contribution in [0.2, 0.25) is 0 Å². The van der Waals surface area contributed by atoms with Gasteiger partial charge in [-0.05, 0) is 67.4 Å². The Bertz CT molecular complexity index is 2450. The molecule has 0 atom stereocenters. The van der Waals surface area contributed by atoms with Gasteiger partial charge in [-0.3, -0.25) is 0 Å². The smallest absolute Gasteiger partial charge is 0.0553 e. The second-order valence-corrected chi connectivity index (χ2v) is 12.9. The minimum absolute atomic E-state index is 0.106. The van der Waals surface area contributed by atoms with Gasteiger partial charge in [0.15, 0.2) is 0 Å². The van der Waals surface area contributed by atoms with Gasteiger partial charge in [-0.2, -0.15) is 0 Å². The normalized spacial score (nSPS) is 13.2. The number of hydrogen-bond donors (Lipinski definition) is 0. The second-order valence-electron chi connectivity index (χ2n) is 12.9. The van der Waals surface area contributed by atoms with Gasteiger partial charge in [-0.25, -0.2) is 0 Å². The van der Waals surface area contributed by atoms with E-state index in [2.05, 4.69) is 183 Å². The number of benzene rings is 8. The van der Waals surface area contributed by atoms with Crippen molar-refractivity contribution in [3.8, 4) is 22.3 Å². The minimum atomic E-state index is -0.106. The van der Waals surface area contributed by atoms with E-state index in [0.29, 0.717) is 0 Å². The summed E-state index contributed by atoms with van der Waals surface area (Å²) in [7, 11) is 0. The number of fused-ring (bicyclic) bond motifs is 8. The molecule has 46 heavy (non-hydrogen) atoms. The van der Waals surface area contributed by atoms with Crippen molar-refractivity contribution in [1.82, 2.24) is 0 Å². The van der Waals surface area contributed by atoms with Crippen LogP contribution in [0.25, 0.3) is 54.6 Å². The molecule has 0 radical (unpaired) electrons. The van der Waals surface area contributed by atoms with Crippen LogP contribution >= 0.6 is 0 Å². The molecule has 1 aliphatic rings. The molecule has 218 valence electrons. The highest BCUT2D eigenvalue weighted by Crippen LogP contribution is 2.56. The van der Waals surface area contributed by atoms with Crippen molar-refractivity contribution in [3.05, 3.63) is 175 Å². The van der Waals surface area contributed by atoms with Gasteiger partial charge in [-0.1, -0.05) is 159 Å². The Hall–Kier alpha value is -5.66. The summed E-state index contributed by atoms with van der Waals surface area (Å²) in [5, 5.41) is 7.54. The summed E-state index contributed by atoms with van der Waals surface area (Å²) in [5.74, 6) is 0. The van der Waals surface area contributed by atoms with Gasteiger partial charge < -0.3 is 4.90 Å². The van der Waals surface area contributed by atoms with Crippen LogP contribution in [0.4, 0.5) is 17.1 Å². The Morgan fingerprint density at radius 2 is 1.04 bits per heavy atom. The van der Waals surface area contributed by atoms with Crippen molar-refractivity contribution in [2.24, 2.45) is 0 Å². The van der Waals surface area contributed by atoms with E-state index in [-0.39, 0.29) is 5.41 Å².